The molecule has 3 N–H and O–H groups in total. The van der Waals surface area contributed by atoms with Crippen molar-refractivity contribution < 1.29 is 14.7 Å². The van der Waals surface area contributed by atoms with Crippen molar-refractivity contribution in [1.29, 1.82) is 0 Å². The Kier molecular flexibility index (Phi) is 6.85. The molecule has 0 aromatic heterocycles. The number of nitrogens with one attached hydrogen (secondary N) is 2. The second-order valence-corrected chi connectivity index (χ2v) is 7.32. The minimum absolute atomic E-state index is 0.0405. The van der Waals surface area contributed by atoms with E-state index >= 15 is 0 Å². The molecule has 0 bridgehead atoms. The first-order chi connectivity index (χ1) is 11.9. The summed E-state index contributed by atoms with van der Waals surface area (Å²) in [5.74, 6) is -0.708. The highest BCUT2D eigenvalue weighted by atomic mass is 16.4. The van der Waals surface area contributed by atoms with E-state index in [1.807, 2.05) is 0 Å². The van der Waals surface area contributed by atoms with Crippen LogP contribution >= 0.6 is 0 Å². The minimum Gasteiger partial charge on any atom is -0.481 e. The second kappa shape index (κ2) is 8.88. The molecule has 0 aliphatic heterocycles. The van der Waals surface area contributed by atoms with Crippen LogP contribution in [-0.2, 0) is 11.2 Å². The van der Waals surface area contributed by atoms with Gasteiger partial charge in [-0.2, -0.15) is 0 Å². The Morgan fingerprint density at radius 3 is 2.20 bits per heavy atom. The molecule has 138 valence electrons. The quantitative estimate of drug-likeness (QED) is 0.731. The molecule has 0 spiro atoms. The number of aryl methyl sites for hydroxylation is 1. The predicted octanol–water partition coefficient (Wildman–Crippen LogP) is 3.89. The van der Waals surface area contributed by atoms with Crippen LogP contribution in [-0.4, -0.2) is 23.1 Å². The van der Waals surface area contributed by atoms with Crippen LogP contribution < -0.4 is 10.6 Å². The third-order valence-electron chi connectivity index (χ3n) is 5.11. The van der Waals surface area contributed by atoms with Crippen molar-refractivity contribution in [3.05, 3.63) is 35.4 Å². The zero-order valence-corrected chi connectivity index (χ0v) is 15.4. The molecule has 1 atom stereocenters. The normalized spacial score (nSPS) is 21.6. The summed E-state index contributed by atoms with van der Waals surface area (Å²) in [4.78, 5) is 23.4. The first kappa shape index (κ1) is 19.3. The standard InChI is InChI=1S/C20H30N2O3/c1-4-14-5-7-15(8-6-14)18(13(2)3)22-20(25)21-17-11-9-16(10-12-17)19(23)24/h5-8,13,16-18H,4,9-12H2,1-3H3,(H,23,24)(H2,21,22,25). The number of carboxylic acid groups (broad SMARTS) is 1. The highest BCUT2D eigenvalue weighted by Gasteiger charge is 2.27. The largest absolute Gasteiger partial charge is 0.481 e. The van der Waals surface area contributed by atoms with Gasteiger partial charge in [0.25, 0.3) is 0 Å². The van der Waals surface area contributed by atoms with Gasteiger partial charge in [0.05, 0.1) is 12.0 Å². The molecule has 1 aromatic rings. The van der Waals surface area contributed by atoms with E-state index in [0.717, 1.165) is 24.8 Å². The molecule has 2 amide bonds. The van der Waals surface area contributed by atoms with E-state index in [1.165, 1.54) is 5.56 Å². The number of hydrogen-bond donors (Lipinski definition) is 3. The van der Waals surface area contributed by atoms with Crippen LogP contribution in [0.4, 0.5) is 4.79 Å². The Hall–Kier alpha value is -2.04. The number of amides is 2. The van der Waals surface area contributed by atoms with Crippen LogP contribution in [0.15, 0.2) is 24.3 Å². The molecule has 0 heterocycles. The fraction of sp³-hybridized carbons (Fsp3) is 0.600. The molecule has 2 rings (SSSR count). The average Bonchev–Trinajstić information content (AvgIpc) is 2.60. The van der Waals surface area contributed by atoms with Gasteiger partial charge < -0.3 is 15.7 Å². The fourth-order valence-electron chi connectivity index (χ4n) is 3.45. The van der Waals surface area contributed by atoms with Crippen LogP contribution in [0.2, 0.25) is 0 Å². The number of urea groups is 1. The predicted molar refractivity (Wildman–Crippen MR) is 98.4 cm³/mol. The van der Waals surface area contributed by atoms with Crippen LogP contribution in [0.3, 0.4) is 0 Å². The number of aliphatic carboxylic acids is 1. The van der Waals surface area contributed by atoms with Crippen molar-refractivity contribution >= 4 is 12.0 Å². The van der Waals surface area contributed by atoms with E-state index < -0.39 is 5.97 Å². The van der Waals surface area contributed by atoms with Crippen LogP contribution in [0.5, 0.6) is 0 Å². The first-order valence-electron chi connectivity index (χ1n) is 9.29. The highest BCUT2D eigenvalue weighted by molar-refractivity contribution is 5.75. The number of carboxylic acids is 1. The fourth-order valence-corrected chi connectivity index (χ4v) is 3.45. The Morgan fingerprint density at radius 2 is 1.72 bits per heavy atom. The number of rotatable bonds is 6. The summed E-state index contributed by atoms with van der Waals surface area (Å²) in [6.07, 6.45) is 3.71. The van der Waals surface area contributed by atoms with Gasteiger partial charge in [-0.25, -0.2) is 4.79 Å². The zero-order chi connectivity index (χ0) is 18.4. The third-order valence-corrected chi connectivity index (χ3v) is 5.11. The maximum atomic E-state index is 12.4. The molecular weight excluding hydrogens is 316 g/mol. The summed E-state index contributed by atoms with van der Waals surface area (Å²) in [6, 6.07) is 8.24. The average molecular weight is 346 g/mol. The van der Waals surface area contributed by atoms with Gasteiger partial charge >= 0.3 is 12.0 Å². The van der Waals surface area contributed by atoms with E-state index in [0.29, 0.717) is 12.8 Å². The SMILES string of the molecule is CCc1ccc(C(NC(=O)NC2CCC(C(=O)O)CC2)C(C)C)cc1. The van der Waals surface area contributed by atoms with Gasteiger partial charge in [0.15, 0.2) is 0 Å². The molecule has 1 aromatic carbocycles. The first-order valence-corrected chi connectivity index (χ1v) is 9.29. The Bertz CT molecular complexity index is 575. The van der Waals surface area contributed by atoms with Crippen molar-refractivity contribution in [2.45, 2.75) is 65.0 Å². The van der Waals surface area contributed by atoms with Crippen molar-refractivity contribution in [2.75, 3.05) is 0 Å². The van der Waals surface area contributed by atoms with Crippen LogP contribution in [0.25, 0.3) is 0 Å². The van der Waals surface area contributed by atoms with Gasteiger partial charge in [-0.15, -0.1) is 0 Å². The molecule has 0 saturated heterocycles. The van der Waals surface area contributed by atoms with Crippen LogP contribution in [0, 0.1) is 11.8 Å². The topological polar surface area (TPSA) is 78.4 Å². The van der Waals surface area contributed by atoms with Crippen molar-refractivity contribution in [3.63, 3.8) is 0 Å². The van der Waals surface area contributed by atoms with Gasteiger partial charge in [0.1, 0.15) is 0 Å². The third kappa shape index (κ3) is 5.48. The lowest BCUT2D eigenvalue weighted by Gasteiger charge is -2.29. The molecule has 1 aliphatic carbocycles. The Morgan fingerprint density at radius 1 is 1.12 bits per heavy atom. The molecule has 5 heteroatoms. The van der Waals surface area contributed by atoms with Gasteiger partial charge in [-0.05, 0) is 49.1 Å². The summed E-state index contributed by atoms with van der Waals surface area (Å²) in [5.41, 5.74) is 2.39. The maximum absolute atomic E-state index is 12.4. The lowest BCUT2D eigenvalue weighted by Crippen LogP contribution is -2.46. The Balaban J connectivity index is 1.91. The van der Waals surface area contributed by atoms with Gasteiger partial charge in [0.2, 0.25) is 0 Å². The zero-order valence-electron chi connectivity index (χ0n) is 15.4. The number of hydrogen-bond acceptors (Lipinski definition) is 2. The summed E-state index contributed by atoms with van der Waals surface area (Å²) < 4.78 is 0. The molecule has 1 unspecified atom stereocenters. The number of benzene rings is 1. The highest BCUT2D eigenvalue weighted by Crippen LogP contribution is 2.25. The molecule has 0 radical (unpaired) electrons. The summed E-state index contributed by atoms with van der Waals surface area (Å²) >= 11 is 0. The summed E-state index contributed by atoms with van der Waals surface area (Å²) in [7, 11) is 0. The van der Waals surface area contributed by atoms with E-state index in [4.69, 9.17) is 5.11 Å². The van der Waals surface area contributed by atoms with E-state index in [1.54, 1.807) is 0 Å². The monoisotopic (exact) mass is 346 g/mol. The van der Waals surface area contributed by atoms with Crippen molar-refractivity contribution in [2.24, 2.45) is 11.8 Å². The maximum Gasteiger partial charge on any atom is 0.315 e. The van der Waals surface area contributed by atoms with Gasteiger partial charge in [-0.3, -0.25) is 4.79 Å². The van der Waals surface area contributed by atoms with E-state index in [9.17, 15) is 9.59 Å². The van der Waals surface area contributed by atoms with Crippen molar-refractivity contribution in [3.8, 4) is 0 Å². The van der Waals surface area contributed by atoms with Gasteiger partial charge in [0, 0.05) is 6.04 Å². The molecule has 25 heavy (non-hydrogen) atoms. The minimum atomic E-state index is -0.724. The number of carbonyl (C=O) groups excluding carboxylic acids is 1. The lowest BCUT2D eigenvalue weighted by molar-refractivity contribution is -0.142. The summed E-state index contributed by atoms with van der Waals surface area (Å²) in [5, 5.41) is 15.1. The van der Waals surface area contributed by atoms with E-state index in [-0.39, 0.29) is 30.0 Å². The molecular formula is C20H30N2O3. The summed E-state index contributed by atoms with van der Waals surface area (Å²) in [6.45, 7) is 6.31. The van der Waals surface area contributed by atoms with Crippen molar-refractivity contribution in [1.82, 2.24) is 10.6 Å². The second-order valence-electron chi connectivity index (χ2n) is 7.32. The molecule has 1 aliphatic rings. The smallest absolute Gasteiger partial charge is 0.315 e. The lowest BCUT2D eigenvalue weighted by atomic mass is 9.86. The van der Waals surface area contributed by atoms with E-state index in [2.05, 4.69) is 55.7 Å². The molecule has 1 saturated carbocycles. The Labute approximate surface area is 150 Å². The van der Waals surface area contributed by atoms with Gasteiger partial charge in [-0.1, -0.05) is 45.0 Å². The van der Waals surface area contributed by atoms with Crippen LogP contribution in [0.1, 0.15) is 63.6 Å². The molecule has 1 fully saturated rings. The molecule has 5 nitrogen and oxygen atoms in total. The number of carbonyl (C=O) groups is 2.